The van der Waals surface area contributed by atoms with Crippen molar-refractivity contribution in [2.24, 2.45) is 0 Å². The molecule has 0 amide bonds. The number of fused-ring (bicyclic) bond motifs is 1. The molecule has 1 aromatic carbocycles. The lowest BCUT2D eigenvalue weighted by atomic mass is 10.2. The molecule has 0 saturated heterocycles. The molecule has 0 unspecified atom stereocenters. The summed E-state index contributed by atoms with van der Waals surface area (Å²) in [6, 6.07) is 8.32. The topological polar surface area (TPSA) is 38.3 Å². The Bertz CT molecular complexity index is 569. The minimum absolute atomic E-state index is 0.170. The normalized spacial score (nSPS) is 11.5. The van der Waals surface area contributed by atoms with Crippen LogP contribution in [-0.2, 0) is 9.53 Å². The maximum Gasteiger partial charge on any atom is 0.308 e. The summed E-state index contributed by atoms with van der Waals surface area (Å²) in [5.41, 5.74) is 0.626. The van der Waals surface area contributed by atoms with Crippen molar-refractivity contribution in [3.63, 3.8) is 0 Å². The highest BCUT2D eigenvalue weighted by atomic mass is 32.1. The lowest BCUT2D eigenvalue weighted by Gasteiger charge is -2.19. The van der Waals surface area contributed by atoms with Crippen molar-refractivity contribution in [3.05, 3.63) is 29.6 Å². The van der Waals surface area contributed by atoms with Gasteiger partial charge in [0.1, 0.15) is 5.60 Å². The third-order valence-electron chi connectivity index (χ3n) is 2.53. The van der Waals surface area contributed by atoms with Crippen molar-refractivity contribution in [2.45, 2.75) is 32.8 Å². The van der Waals surface area contributed by atoms with Crippen molar-refractivity contribution in [3.8, 4) is 0 Å². The van der Waals surface area contributed by atoms with Gasteiger partial charge >= 0.3 is 5.97 Å². The number of rotatable bonds is 4. The van der Waals surface area contributed by atoms with Gasteiger partial charge in [0.05, 0.1) is 6.42 Å². The van der Waals surface area contributed by atoms with Gasteiger partial charge in [-0.2, -0.15) is 0 Å². The molecule has 2 rings (SSSR count). The Morgan fingerprint density at radius 3 is 2.84 bits per heavy atom. The molecule has 0 radical (unpaired) electrons. The summed E-state index contributed by atoms with van der Waals surface area (Å²) in [6.07, 6.45) is 0.374. The van der Waals surface area contributed by atoms with E-state index in [1.54, 1.807) is 11.3 Å². The minimum Gasteiger partial charge on any atom is -0.460 e. The summed E-state index contributed by atoms with van der Waals surface area (Å²) in [4.78, 5) is 11.6. The van der Waals surface area contributed by atoms with Crippen molar-refractivity contribution in [2.75, 3.05) is 11.9 Å². The van der Waals surface area contributed by atoms with Crippen molar-refractivity contribution in [1.29, 1.82) is 0 Å². The van der Waals surface area contributed by atoms with E-state index in [1.165, 1.54) is 10.1 Å². The van der Waals surface area contributed by atoms with Gasteiger partial charge in [0, 0.05) is 16.9 Å². The maximum absolute atomic E-state index is 11.6. The number of anilines is 1. The standard InChI is InChI=1S/C15H19NO2S/c1-15(2,3)18-14(17)6-8-16-12-4-5-13-11(10-12)7-9-19-13/h4-5,7,9-10,16H,6,8H2,1-3H3. The molecule has 0 saturated carbocycles. The van der Waals surface area contributed by atoms with E-state index in [4.69, 9.17) is 4.74 Å². The van der Waals surface area contributed by atoms with Gasteiger partial charge in [0.25, 0.3) is 0 Å². The first-order valence-electron chi connectivity index (χ1n) is 6.37. The molecule has 1 aromatic heterocycles. The fraction of sp³-hybridized carbons (Fsp3) is 0.400. The molecule has 0 atom stereocenters. The van der Waals surface area contributed by atoms with E-state index in [1.807, 2.05) is 26.8 Å². The van der Waals surface area contributed by atoms with Gasteiger partial charge in [-0.25, -0.2) is 0 Å². The molecular weight excluding hydrogens is 258 g/mol. The van der Waals surface area contributed by atoms with Gasteiger partial charge < -0.3 is 10.1 Å². The number of thiophene rings is 1. The summed E-state index contributed by atoms with van der Waals surface area (Å²) >= 11 is 1.73. The third kappa shape index (κ3) is 4.24. The molecule has 0 aliphatic carbocycles. The van der Waals surface area contributed by atoms with Crippen LogP contribution in [0.5, 0.6) is 0 Å². The Morgan fingerprint density at radius 1 is 1.32 bits per heavy atom. The predicted molar refractivity (Wildman–Crippen MR) is 80.8 cm³/mol. The number of nitrogens with one attached hydrogen (secondary N) is 1. The monoisotopic (exact) mass is 277 g/mol. The smallest absolute Gasteiger partial charge is 0.308 e. The van der Waals surface area contributed by atoms with Gasteiger partial charge in [0.15, 0.2) is 0 Å². The van der Waals surface area contributed by atoms with Crippen LogP contribution in [0.4, 0.5) is 5.69 Å². The van der Waals surface area contributed by atoms with E-state index in [9.17, 15) is 4.79 Å². The summed E-state index contributed by atoms with van der Waals surface area (Å²) in [5.74, 6) is -0.170. The first-order chi connectivity index (χ1) is 8.94. The van der Waals surface area contributed by atoms with E-state index >= 15 is 0 Å². The first kappa shape index (κ1) is 13.9. The van der Waals surface area contributed by atoms with Crippen molar-refractivity contribution < 1.29 is 9.53 Å². The van der Waals surface area contributed by atoms with Gasteiger partial charge in [0.2, 0.25) is 0 Å². The highest BCUT2D eigenvalue weighted by Gasteiger charge is 2.15. The zero-order valence-corrected chi connectivity index (χ0v) is 12.3. The first-order valence-corrected chi connectivity index (χ1v) is 7.25. The van der Waals surface area contributed by atoms with E-state index in [2.05, 4.69) is 28.9 Å². The quantitative estimate of drug-likeness (QED) is 0.857. The number of ether oxygens (including phenoxy) is 1. The minimum atomic E-state index is -0.410. The van der Waals surface area contributed by atoms with Gasteiger partial charge in [-0.15, -0.1) is 11.3 Å². The van der Waals surface area contributed by atoms with E-state index in [0.29, 0.717) is 13.0 Å². The Morgan fingerprint density at radius 2 is 2.11 bits per heavy atom. The molecule has 19 heavy (non-hydrogen) atoms. The van der Waals surface area contributed by atoms with Crippen molar-refractivity contribution in [1.82, 2.24) is 0 Å². The lowest BCUT2D eigenvalue weighted by Crippen LogP contribution is -2.25. The fourth-order valence-corrected chi connectivity index (χ4v) is 2.55. The maximum atomic E-state index is 11.6. The molecule has 2 aromatic rings. The van der Waals surface area contributed by atoms with Crippen molar-refractivity contribution >= 4 is 33.1 Å². The molecule has 1 N–H and O–H groups in total. The van der Waals surface area contributed by atoms with E-state index in [-0.39, 0.29) is 5.97 Å². The molecule has 0 spiro atoms. The number of benzene rings is 1. The van der Waals surface area contributed by atoms with Crippen LogP contribution < -0.4 is 5.32 Å². The molecule has 0 bridgehead atoms. The van der Waals surface area contributed by atoms with Crippen LogP contribution in [0.25, 0.3) is 10.1 Å². The number of carbonyl (C=O) groups excluding carboxylic acids is 1. The van der Waals surface area contributed by atoms with Gasteiger partial charge in [-0.05, 0) is 55.8 Å². The molecule has 102 valence electrons. The van der Waals surface area contributed by atoms with Crippen LogP contribution in [0.1, 0.15) is 27.2 Å². The highest BCUT2D eigenvalue weighted by molar-refractivity contribution is 7.17. The average molecular weight is 277 g/mol. The van der Waals surface area contributed by atoms with Crippen LogP contribution in [0.3, 0.4) is 0 Å². The van der Waals surface area contributed by atoms with Crippen LogP contribution in [0, 0.1) is 0 Å². The predicted octanol–water partition coefficient (Wildman–Crippen LogP) is 4.05. The molecule has 4 heteroatoms. The molecular formula is C15H19NO2S. The Kier molecular flexibility index (Phi) is 4.10. The second-order valence-corrected chi connectivity index (χ2v) is 6.38. The second-order valence-electron chi connectivity index (χ2n) is 5.44. The Labute approximate surface area is 117 Å². The van der Waals surface area contributed by atoms with Crippen LogP contribution >= 0.6 is 11.3 Å². The fourth-order valence-electron chi connectivity index (χ4n) is 1.78. The SMILES string of the molecule is CC(C)(C)OC(=O)CCNc1ccc2sccc2c1. The van der Waals surface area contributed by atoms with Crippen LogP contribution in [0.2, 0.25) is 0 Å². The molecule has 1 heterocycles. The van der Waals surface area contributed by atoms with Crippen LogP contribution in [-0.4, -0.2) is 18.1 Å². The Balaban J connectivity index is 1.83. The van der Waals surface area contributed by atoms with Crippen LogP contribution in [0.15, 0.2) is 29.6 Å². The highest BCUT2D eigenvalue weighted by Crippen LogP contribution is 2.23. The van der Waals surface area contributed by atoms with Gasteiger partial charge in [-0.3, -0.25) is 4.79 Å². The van der Waals surface area contributed by atoms with Gasteiger partial charge in [-0.1, -0.05) is 0 Å². The average Bonchev–Trinajstić information content (AvgIpc) is 2.73. The molecule has 0 fully saturated rings. The number of esters is 1. The second kappa shape index (κ2) is 5.61. The lowest BCUT2D eigenvalue weighted by molar-refractivity contribution is -0.154. The summed E-state index contributed by atoms with van der Waals surface area (Å²) in [5, 5.41) is 6.55. The van der Waals surface area contributed by atoms with E-state index in [0.717, 1.165) is 5.69 Å². The summed E-state index contributed by atoms with van der Waals surface area (Å²) in [7, 11) is 0. The molecule has 3 nitrogen and oxygen atoms in total. The summed E-state index contributed by atoms with van der Waals surface area (Å²) in [6.45, 7) is 6.22. The number of hydrogen-bond acceptors (Lipinski definition) is 4. The zero-order chi connectivity index (χ0) is 13.9. The largest absolute Gasteiger partial charge is 0.460 e. The Hall–Kier alpha value is -1.55. The molecule has 0 aliphatic heterocycles. The third-order valence-corrected chi connectivity index (χ3v) is 3.43. The summed E-state index contributed by atoms with van der Waals surface area (Å²) < 4.78 is 6.53. The van der Waals surface area contributed by atoms with E-state index < -0.39 is 5.60 Å². The zero-order valence-electron chi connectivity index (χ0n) is 11.5. The number of hydrogen-bond donors (Lipinski definition) is 1. The molecule has 0 aliphatic rings. The number of carbonyl (C=O) groups is 1.